The van der Waals surface area contributed by atoms with Gasteiger partial charge in [0.2, 0.25) is 0 Å². The average Bonchev–Trinajstić information content (AvgIpc) is 3.42. The van der Waals surface area contributed by atoms with E-state index >= 15 is 0 Å². The summed E-state index contributed by atoms with van der Waals surface area (Å²) in [6, 6.07) is 16.7. The zero-order valence-corrected chi connectivity index (χ0v) is 18.5. The third-order valence-corrected chi connectivity index (χ3v) is 6.39. The summed E-state index contributed by atoms with van der Waals surface area (Å²) in [5, 5.41) is 3.32. The Morgan fingerprint density at radius 2 is 1.91 bits per heavy atom. The van der Waals surface area contributed by atoms with Crippen LogP contribution in [0.3, 0.4) is 0 Å². The van der Waals surface area contributed by atoms with Gasteiger partial charge < -0.3 is 4.90 Å². The summed E-state index contributed by atoms with van der Waals surface area (Å²) >= 11 is 1.40. The number of anilines is 2. The summed E-state index contributed by atoms with van der Waals surface area (Å²) in [5.41, 5.74) is 4.41. The molecule has 0 saturated heterocycles. The molecule has 0 bridgehead atoms. The van der Waals surface area contributed by atoms with Crippen molar-refractivity contribution in [2.75, 3.05) is 16.8 Å². The van der Waals surface area contributed by atoms with Crippen LogP contribution in [0, 0.1) is 12.7 Å². The fraction of sp³-hybridized carbons (Fsp3) is 0.120. The van der Waals surface area contributed by atoms with Crippen molar-refractivity contribution in [3.05, 3.63) is 94.4 Å². The molecule has 0 atom stereocenters. The summed E-state index contributed by atoms with van der Waals surface area (Å²) in [4.78, 5) is 36.7. The number of amides is 2. The molecule has 0 spiro atoms. The molecule has 8 heteroatoms. The number of fused-ring (bicyclic) bond motifs is 1. The molecule has 2 amide bonds. The van der Waals surface area contributed by atoms with Crippen LogP contribution < -0.4 is 10.2 Å². The first-order chi connectivity index (χ1) is 16.0. The van der Waals surface area contributed by atoms with Gasteiger partial charge in [0.1, 0.15) is 11.5 Å². The maximum Gasteiger partial charge on any atom is 0.276 e. The number of hydrogen-bond acceptors (Lipinski definition) is 5. The topological polar surface area (TPSA) is 75.2 Å². The van der Waals surface area contributed by atoms with E-state index < -0.39 is 0 Å². The van der Waals surface area contributed by atoms with Crippen molar-refractivity contribution < 1.29 is 14.0 Å². The van der Waals surface area contributed by atoms with Gasteiger partial charge in [0.15, 0.2) is 5.13 Å². The number of carbonyl (C=O) groups excluding carboxylic acids is 2. The van der Waals surface area contributed by atoms with E-state index in [9.17, 15) is 14.0 Å². The first-order valence-electron chi connectivity index (χ1n) is 10.4. The Morgan fingerprint density at radius 1 is 1.09 bits per heavy atom. The van der Waals surface area contributed by atoms with Crippen LogP contribution in [0.2, 0.25) is 0 Å². The summed E-state index contributed by atoms with van der Waals surface area (Å²) in [6.45, 7) is 2.53. The van der Waals surface area contributed by atoms with Crippen LogP contribution in [0.1, 0.15) is 31.3 Å². The normalized spacial score (nSPS) is 12.5. The molecule has 0 fully saturated rings. The fourth-order valence-corrected chi connectivity index (χ4v) is 4.72. The summed E-state index contributed by atoms with van der Waals surface area (Å²) < 4.78 is 13.2. The van der Waals surface area contributed by atoms with Crippen molar-refractivity contribution in [2.24, 2.45) is 0 Å². The third kappa shape index (κ3) is 4.12. The molecule has 4 aromatic rings. The predicted octanol–water partition coefficient (Wildman–Crippen LogP) is 5.11. The molecular weight excluding hydrogens is 439 g/mol. The molecule has 164 valence electrons. The van der Waals surface area contributed by atoms with Gasteiger partial charge in [-0.15, -0.1) is 11.3 Å². The highest BCUT2D eigenvalue weighted by Crippen LogP contribution is 2.36. The molecule has 2 aromatic carbocycles. The van der Waals surface area contributed by atoms with Crippen molar-refractivity contribution in [1.82, 2.24) is 9.97 Å². The van der Waals surface area contributed by atoms with E-state index in [0.29, 0.717) is 22.9 Å². The van der Waals surface area contributed by atoms with Crippen molar-refractivity contribution in [2.45, 2.75) is 13.3 Å². The lowest BCUT2D eigenvalue weighted by Gasteiger charge is -2.17. The first-order valence-corrected chi connectivity index (χ1v) is 11.2. The molecule has 0 radical (unpaired) electrons. The van der Waals surface area contributed by atoms with Crippen molar-refractivity contribution in [3.63, 3.8) is 0 Å². The second-order valence-corrected chi connectivity index (χ2v) is 8.85. The standard InChI is InChI=1S/C25H19FN4O2S/c1-15-22(28-25(33-15)29-23(31)20-4-2-3-12-27-20)18-7-10-21-17(14-18)11-13-30(21)24(32)16-5-8-19(26)9-6-16/h2-10,12,14H,11,13H2,1H3,(H,28,29,31). The zero-order chi connectivity index (χ0) is 22.9. The van der Waals surface area contributed by atoms with E-state index in [1.165, 1.54) is 35.6 Å². The third-order valence-electron chi connectivity index (χ3n) is 5.50. The molecule has 33 heavy (non-hydrogen) atoms. The summed E-state index contributed by atoms with van der Waals surface area (Å²) in [7, 11) is 0. The summed E-state index contributed by atoms with van der Waals surface area (Å²) in [6.07, 6.45) is 2.30. The summed E-state index contributed by atoms with van der Waals surface area (Å²) in [5.74, 6) is -0.821. The molecule has 0 saturated carbocycles. The predicted molar refractivity (Wildman–Crippen MR) is 126 cm³/mol. The minimum atomic E-state index is -0.368. The molecular formula is C25H19FN4O2S. The van der Waals surface area contributed by atoms with Crippen LogP contribution >= 0.6 is 11.3 Å². The van der Waals surface area contributed by atoms with Crippen LogP contribution in [0.5, 0.6) is 0 Å². The second-order valence-electron chi connectivity index (χ2n) is 7.65. The van der Waals surface area contributed by atoms with Gasteiger partial charge >= 0.3 is 0 Å². The van der Waals surface area contributed by atoms with Gasteiger partial charge in [-0.05, 0) is 67.4 Å². The van der Waals surface area contributed by atoms with E-state index in [1.807, 2.05) is 25.1 Å². The molecule has 0 aliphatic carbocycles. The molecule has 0 unspecified atom stereocenters. The molecule has 1 aliphatic rings. The number of aryl methyl sites for hydroxylation is 1. The second kappa shape index (κ2) is 8.55. The van der Waals surface area contributed by atoms with Crippen LogP contribution in [0.4, 0.5) is 15.2 Å². The average molecular weight is 459 g/mol. The van der Waals surface area contributed by atoms with E-state index in [0.717, 1.165) is 33.8 Å². The van der Waals surface area contributed by atoms with Crippen molar-refractivity contribution in [3.8, 4) is 11.3 Å². The lowest BCUT2D eigenvalue weighted by Crippen LogP contribution is -2.28. The number of benzene rings is 2. The maximum absolute atomic E-state index is 13.2. The Bertz CT molecular complexity index is 1350. The van der Waals surface area contributed by atoms with Crippen molar-refractivity contribution in [1.29, 1.82) is 0 Å². The highest BCUT2D eigenvalue weighted by Gasteiger charge is 2.26. The SMILES string of the molecule is Cc1sc(NC(=O)c2ccccn2)nc1-c1ccc2c(c1)CCN2C(=O)c1ccc(F)cc1. The number of nitrogens with one attached hydrogen (secondary N) is 1. The van der Waals surface area contributed by atoms with Gasteiger partial charge in [0, 0.05) is 34.4 Å². The van der Waals surface area contributed by atoms with E-state index in [4.69, 9.17) is 0 Å². The van der Waals surface area contributed by atoms with Gasteiger partial charge in [0.25, 0.3) is 11.8 Å². The highest BCUT2D eigenvalue weighted by atomic mass is 32.1. The Morgan fingerprint density at radius 3 is 2.67 bits per heavy atom. The molecule has 6 nitrogen and oxygen atoms in total. The highest BCUT2D eigenvalue weighted by molar-refractivity contribution is 7.16. The number of pyridine rings is 1. The quantitative estimate of drug-likeness (QED) is 0.461. The fourth-order valence-electron chi connectivity index (χ4n) is 3.88. The maximum atomic E-state index is 13.2. The van der Waals surface area contributed by atoms with Crippen LogP contribution in [0.15, 0.2) is 66.9 Å². The molecule has 1 aliphatic heterocycles. The van der Waals surface area contributed by atoms with Crippen LogP contribution in [-0.2, 0) is 6.42 Å². The number of thiazole rings is 1. The first kappa shape index (κ1) is 21.0. The zero-order valence-electron chi connectivity index (χ0n) is 17.7. The Labute approximate surface area is 193 Å². The van der Waals surface area contributed by atoms with Gasteiger partial charge in [-0.2, -0.15) is 0 Å². The monoisotopic (exact) mass is 458 g/mol. The van der Waals surface area contributed by atoms with Crippen LogP contribution in [-0.4, -0.2) is 28.3 Å². The van der Waals surface area contributed by atoms with Gasteiger partial charge in [-0.1, -0.05) is 12.1 Å². The van der Waals surface area contributed by atoms with Gasteiger partial charge in [-0.3, -0.25) is 19.9 Å². The lowest BCUT2D eigenvalue weighted by atomic mass is 10.1. The molecule has 3 heterocycles. The Hall–Kier alpha value is -3.91. The minimum Gasteiger partial charge on any atom is -0.308 e. The Balaban J connectivity index is 1.37. The molecule has 5 rings (SSSR count). The van der Waals surface area contributed by atoms with Crippen molar-refractivity contribution >= 4 is 34.0 Å². The number of hydrogen-bond donors (Lipinski definition) is 1. The van der Waals surface area contributed by atoms with E-state index in [1.54, 1.807) is 29.3 Å². The van der Waals surface area contributed by atoms with Gasteiger partial charge in [0.05, 0.1) is 5.69 Å². The van der Waals surface area contributed by atoms with E-state index in [2.05, 4.69) is 15.3 Å². The van der Waals surface area contributed by atoms with E-state index in [-0.39, 0.29) is 17.6 Å². The Kier molecular flexibility index (Phi) is 5.43. The number of halogens is 1. The number of rotatable bonds is 4. The lowest BCUT2D eigenvalue weighted by molar-refractivity contribution is 0.0987. The number of carbonyl (C=O) groups is 2. The molecule has 2 aromatic heterocycles. The smallest absolute Gasteiger partial charge is 0.276 e. The number of aromatic nitrogens is 2. The molecule has 1 N–H and O–H groups in total. The number of nitrogens with zero attached hydrogens (tertiary/aromatic N) is 3. The minimum absolute atomic E-state index is 0.147. The van der Waals surface area contributed by atoms with Crippen LogP contribution in [0.25, 0.3) is 11.3 Å². The largest absolute Gasteiger partial charge is 0.308 e. The van der Waals surface area contributed by atoms with Gasteiger partial charge in [-0.25, -0.2) is 9.37 Å².